The SMILES string of the molecule is CC(C)N1CCC(NC(=O)Nc2ccc3c(c2)CCCO3)CC1. The third kappa shape index (κ3) is 4.16. The summed E-state index contributed by atoms with van der Waals surface area (Å²) in [5.41, 5.74) is 2.02. The Morgan fingerprint density at radius 3 is 2.83 bits per heavy atom. The van der Waals surface area contributed by atoms with Gasteiger partial charge in [0.2, 0.25) is 0 Å². The first kappa shape index (κ1) is 16.1. The second-order valence-corrected chi connectivity index (χ2v) is 6.78. The molecule has 5 heteroatoms. The summed E-state index contributed by atoms with van der Waals surface area (Å²) in [6, 6.07) is 6.63. The second kappa shape index (κ2) is 7.21. The summed E-state index contributed by atoms with van der Waals surface area (Å²) in [6.07, 6.45) is 4.09. The summed E-state index contributed by atoms with van der Waals surface area (Å²) >= 11 is 0. The number of ether oxygens (including phenoxy) is 1. The van der Waals surface area contributed by atoms with E-state index in [1.807, 2.05) is 18.2 Å². The Morgan fingerprint density at radius 2 is 2.09 bits per heavy atom. The third-order valence-corrected chi connectivity index (χ3v) is 4.76. The molecule has 0 aromatic heterocycles. The lowest BCUT2D eigenvalue weighted by Gasteiger charge is -2.34. The summed E-state index contributed by atoms with van der Waals surface area (Å²) < 4.78 is 5.60. The molecule has 0 atom stereocenters. The van der Waals surface area contributed by atoms with E-state index in [9.17, 15) is 4.79 Å². The number of aryl methyl sites for hydroxylation is 1. The van der Waals surface area contributed by atoms with Crippen LogP contribution in [-0.4, -0.2) is 42.7 Å². The number of benzene rings is 1. The normalized spacial score (nSPS) is 19.1. The molecule has 0 unspecified atom stereocenters. The van der Waals surface area contributed by atoms with Crippen LogP contribution in [0.25, 0.3) is 0 Å². The van der Waals surface area contributed by atoms with Gasteiger partial charge in [-0.15, -0.1) is 0 Å². The van der Waals surface area contributed by atoms with Crippen LogP contribution < -0.4 is 15.4 Å². The van der Waals surface area contributed by atoms with Gasteiger partial charge in [-0.3, -0.25) is 0 Å². The molecule has 2 N–H and O–H groups in total. The molecule has 23 heavy (non-hydrogen) atoms. The lowest BCUT2D eigenvalue weighted by atomic mass is 10.0. The molecular weight excluding hydrogens is 290 g/mol. The topological polar surface area (TPSA) is 53.6 Å². The van der Waals surface area contributed by atoms with Gasteiger partial charge < -0.3 is 20.3 Å². The van der Waals surface area contributed by atoms with E-state index in [1.54, 1.807) is 0 Å². The molecule has 1 aromatic carbocycles. The summed E-state index contributed by atoms with van der Waals surface area (Å²) in [6.45, 7) is 7.34. The van der Waals surface area contributed by atoms with E-state index in [-0.39, 0.29) is 12.1 Å². The molecule has 2 amide bonds. The summed E-state index contributed by atoms with van der Waals surface area (Å²) in [5, 5.41) is 6.05. The monoisotopic (exact) mass is 317 g/mol. The maximum atomic E-state index is 12.2. The van der Waals surface area contributed by atoms with Gasteiger partial charge in [-0.2, -0.15) is 0 Å². The van der Waals surface area contributed by atoms with Crippen molar-refractivity contribution in [3.8, 4) is 5.75 Å². The molecular formula is C18H27N3O2. The molecule has 2 aliphatic heterocycles. The van der Waals surface area contributed by atoms with E-state index in [0.29, 0.717) is 6.04 Å². The number of hydrogen-bond acceptors (Lipinski definition) is 3. The Bertz CT molecular complexity index is 551. The third-order valence-electron chi connectivity index (χ3n) is 4.76. The fourth-order valence-electron chi connectivity index (χ4n) is 3.35. The number of nitrogens with one attached hydrogen (secondary N) is 2. The number of rotatable bonds is 3. The molecule has 5 nitrogen and oxygen atoms in total. The number of fused-ring (bicyclic) bond motifs is 1. The molecule has 126 valence electrons. The smallest absolute Gasteiger partial charge is 0.319 e. The first-order valence-corrected chi connectivity index (χ1v) is 8.69. The predicted octanol–water partition coefficient (Wildman–Crippen LogP) is 3.01. The Hall–Kier alpha value is -1.75. The van der Waals surface area contributed by atoms with Crippen molar-refractivity contribution in [3.63, 3.8) is 0 Å². The number of likely N-dealkylation sites (tertiary alicyclic amines) is 1. The van der Waals surface area contributed by atoms with Gasteiger partial charge in [-0.25, -0.2) is 4.79 Å². The Morgan fingerprint density at radius 1 is 1.30 bits per heavy atom. The lowest BCUT2D eigenvalue weighted by molar-refractivity contribution is 0.163. The maximum absolute atomic E-state index is 12.2. The van der Waals surface area contributed by atoms with E-state index in [0.717, 1.165) is 56.8 Å². The van der Waals surface area contributed by atoms with E-state index in [4.69, 9.17) is 4.74 Å². The van der Waals surface area contributed by atoms with Crippen LogP contribution in [0.1, 0.15) is 38.7 Å². The summed E-state index contributed by atoms with van der Waals surface area (Å²) in [7, 11) is 0. The average molecular weight is 317 g/mol. The molecule has 0 spiro atoms. The fraction of sp³-hybridized carbons (Fsp3) is 0.611. The predicted molar refractivity (Wildman–Crippen MR) is 92.1 cm³/mol. The van der Waals surface area contributed by atoms with Crippen molar-refractivity contribution in [3.05, 3.63) is 23.8 Å². The van der Waals surface area contributed by atoms with Crippen molar-refractivity contribution in [2.24, 2.45) is 0 Å². The number of carbonyl (C=O) groups excluding carboxylic acids is 1. The number of nitrogens with zero attached hydrogens (tertiary/aromatic N) is 1. The molecule has 1 fully saturated rings. The van der Waals surface area contributed by atoms with Crippen LogP contribution in [0.15, 0.2) is 18.2 Å². The molecule has 2 heterocycles. The van der Waals surface area contributed by atoms with E-state index in [2.05, 4.69) is 29.4 Å². The fourth-order valence-corrected chi connectivity index (χ4v) is 3.35. The summed E-state index contributed by atoms with van der Waals surface area (Å²) in [5.74, 6) is 0.947. The van der Waals surface area contributed by atoms with Crippen molar-refractivity contribution in [1.82, 2.24) is 10.2 Å². The molecule has 2 aliphatic rings. The first-order valence-electron chi connectivity index (χ1n) is 8.69. The van der Waals surface area contributed by atoms with E-state index in [1.165, 1.54) is 5.56 Å². The largest absolute Gasteiger partial charge is 0.493 e. The van der Waals surface area contributed by atoms with Crippen LogP contribution in [-0.2, 0) is 6.42 Å². The van der Waals surface area contributed by atoms with Crippen molar-refractivity contribution >= 4 is 11.7 Å². The zero-order chi connectivity index (χ0) is 16.2. The van der Waals surface area contributed by atoms with Gasteiger partial charge in [0.05, 0.1) is 6.61 Å². The van der Waals surface area contributed by atoms with Crippen molar-refractivity contribution in [2.75, 3.05) is 25.0 Å². The molecule has 0 bridgehead atoms. The van der Waals surface area contributed by atoms with Crippen molar-refractivity contribution < 1.29 is 9.53 Å². The Kier molecular flexibility index (Phi) is 5.06. The molecule has 3 rings (SSSR count). The van der Waals surface area contributed by atoms with Gasteiger partial charge in [0.1, 0.15) is 5.75 Å². The average Bonchev–Trinajstić information content (AvgIpc) is 2.55. The highest BCUT2D eigenvalue weighted by molar-refractivity contribution is 5.89. The highest BCUT2D eigenvalue weighted by atomic mass is 16.5. The number of hydrogen-bond donors (Lipinski definition) is 2. The van der Waals surface area contributed by atoms with Gasteiger partial charge in [-0.1, -0.05) is 0 Å². The highest BCUT2D eigenvalue weighted by Crippen LogP contribution is 2.27. The maximum Gasteiger partial charge on any atom is 0.319 e. The minimum Gasteiger partial charge on any atom is -0.493 e. The Labute approximate surface area is 138 Å². The zero-order valence-electron chi connectivity index (χ0n) is 14.1. The van der Waals surface area contributed by atoms with Crippen LogP contribution in [0.2, 0.25) is 0 Å². The van der Waals surface area contributed by atoms with Gasteiger partial charge in [0.25, 0.3) is 0 Å². The lowest BCUT2D eigenvalue weighted by Crippen LogP contribution is -2.47. The zero-order valence-corrected chi connectivity index (χ0v) is 14.1. The van der Waals surface area contributed by atoms with Crippen LogP contribution in [0.5, 0.6) is 5.75 Å². The van der Waals surface area contributed by atoms with Gasteiger partial charge in [0.15, 0.2) is 0 Å². The number of anilines is 1. The van der Waals surface area contributed by atoms with Crippen LogP contribution in [0.3, 0.4) is 0 Å². The van der Waals surface area contributed by atoms with E-state index < -0.39 is 0 Å². The van der Waals surface area contributed by atoms with Gasteiger partial charge in [0, 0.05) is 30.9 Å². The molecule has 1 aromatic rings. The number of urea groups is 1. The minimum absolute atomic E-state index is 0.107. The highest BCUT2D eigenvalue weighted by Gasteiger charge is 2.22. The van der Waals surface area contributed by atoms with Crippen LogP contribution in [0.4, 0.5) is 10.5 Å². The molecule has 1 saturated heterocycles. The summed E-state index contributed by atoms with van der Waals surface area (Å²) in [4.78, 5) is 14.7. The quantitative estimate of drug-likeness (QED) is 0.901. The van der Waals surface area contributed by atoms with Gasteiger partial charge >= 0.3 is 6.03 Å². The Balaban J connectivity index is 1.50. The standard InChI is InChI=1S/C18H27N3O2/c1-13(2)21-9-7-15(8-10-21)19-18(22)20-16-5-6-17-14(12-16)4-3-11-23-17/h5-6,12-13,15H,3-4,7-11H2,1-2H3,(H2,19,20,22). The molecule has 0 aliphatic carbocycles. The molecule has 0 radical (unpaired) electrons. The minimum atomic E-state index is -0.107. The molecule has 0 saturated carbocycles. The number of amides is 2. The van der Waals surface area contributed by atoms with Gasteiger partial charge in [-0.05, 0) is 63.3 Å². The van der Waals surface area contributed by atoms with Crippen molar-refractivity contribution in [1.29, 1.82) is 0 Å². The number of piperidine rings is 1. The van der Waals surface area contributed by atoms with Crippen LogP contribution in [0, 0.1) is 0 Å². The number of carbonyl (C=O) groups is 1. The van der Waals surface area contributed by atoms with E-state index >= 15 is 0 Å². The first-order chi connectivity index (χ1) is 11.1. The van der Waals surface area contributed by atoms with Crippen molar-refractivity contribution in [2.45, 2.75) is 51.6 Å². The van der Waals surface area contributed by atoms with Crippen LogP contribution >= 0.6 is 0 Å². The second-order valence-electron chi connectivity index (χ2n) is 6.78.